The van der Waals surface area contributed by atoms with Gasteiger partial charge in [0.25, 0.3) is 0 Å². The maximum atomic E-state index is 12.8. The topological polar surface area (TPSA) is 41.1 Å². The summed E-state index contributed by atoms with van der Waals surface area (Å²) in [5, 5.41) is 4.30. The fourth-order valence-electron chi connectivity index (χ4n) is 2.07. The van der Waals surface area contributed by atoms with Crippen LogP contribution in [0.2, 0.25) is 0 Å². The average molecular weight is 362 g/mol. The quantitative estimate of drug-likeness (QED) is 0.664. The van der Waals surface area contributed by atoms with Gasteiger partial charge in [-0.1, -0.05) is 12.1 Å². The summed E-state index contributed by atoms with van der Waals surface area (Å²) in [5.74, 6) is 0. The standard InChI is InChI=1S/C16H12F6N2O/c1-9-5-6-12(8-13(9)16(20,21)22)24-14(25)23-11-4-2-3-10(7-11)15(17,18)19/h2-8H,1H3,(H2,23,24,25). The number of carbonyl (C=O) groups is 1. The Morgan fingerprint density at radius 3 is 2.00 bits per heavy atom. The number of nitrogens with one attached hydrogen (secondary N) is 2. The number of alkyl halides is 6. The second-order valence-corrected chi connectivity index (χ2v) is 5.19. The van der Waals surface area contributed by atoms with Gasteiger partial charge in [-0.05, 0) is 42.8 Å². The Balaban J connectivity index is 2.14. The number of aryl methyl sites for hydroxylation is 1. The molecule has 25 heavy (non-hydrogen) atoms. The number of halogens is 6. The summed E-state index contributed by atoms with van der Waals surface area (Å²) in [6, 6.07) is 6.11. The highest BCUT2D eigenvalue weighted by Gasteiger charge is 2.33. The molecule has 134 valence electrons. The molecule has 0 heterocycles. The van der Waals surface area contributed by atoms with Crippen molar-refractivity contribution in [1.82, 2.24) is 0 Å². The molecule has 0 spiro atoms. The van der Waals surface area contributed by atoms with Crippen molar-refractivity contribution in [1.29, 1.82) is 0 Å². The Kier molecular flexibility index (Phi) is 4.96. The highest BCUT2D eigenvalue weighted by atomic mass is 19.4. The molecule has 2 amide bonds. The molecule has 0 radical (unpaired) electrons. The van der Waals surface area contributed by atoms with Crippen molar-refractivity contribution in [3.63, 3.8) is 0 Å². The lowest BCUT2D eigenvalue weighted by molar-refractivity contribution is -0.138. The zero-order valence-corrected chi connectivity index (χ0v) is 12.7. The van der Waals surface area contributed by atoms with Crippen LogP contribution in [-0.2, 0) is 12.4 Å². The second kappa shape index (κ2) is 6.66. The minimum Gasteiger partial charge on any atom is -0.308 e. The molecule has 2 N–H and O–H groups in total. The van der Waals surface area contributed by atoms with Gasteiger partial charge in [0.15, 0.2) is 0 Å². The Labute approximate surface area is 138 Å². The van der Waals surface area contributed by atoms with Gasteiger partial charge in [0.1, 0.15) is 0 Å². The molecule has 0 aliphatic rings. The molecular weight excluding hydrogens is 350 g/mol. The second-order valence-electron chi connectivity index (χ2n) is 5.19. The Hall–Kier alpha value is -2.71. The van der Waals surface area contributed by atoms with Gasteiger partial charge in [0.2, 0.25) is 0 Å². The molecule has 2 aromatic rings. The zero-order valence-electron chi connectivity index (χ0n) is 12.7. The summed E-state index contributed by atoms with van der Waals surface area (Å²) in [6.45, 7) is 1.27. The van der Waals surface area contributed by atoms with Crippen LogP contribution in [-0.4, -0.2) is 6.03 Å². The van der Waals surface area contributed by atoms with Crippen molar-refractivity contribution in [3.05, 3.63) is 59.2 Å². The molecule has 0 saturated heterocycles. The minimum absolute atomic E-state index is 0.0173. The number of benzene rings is 2. The molecule has 0 saturated carbocycles. The molecule has 3 nitrogen and oxygen atoms in total. The number of hydrogen-bond donors (Lipinski definition) is 2. The van der Waals surface area contributed by atoms with E-state index in [0.717, 1.165) is 24.3 Å². The molecule has 0 aromatic heterocycles. The first-order valence-corrected chi connectivity index (χ1v) is 6.90. The van der Waals surface area contributed by atoms with Gasteiger partial charge in [-0.3, -0.25) is 0 Å². The van der Waals surface area contributed by atoms with E-state index in [4.69, 9.17) is 0 Å². The third kappa shape index (κ3) is 4.88. The third-order valence-electron chi connectivity index (χ3n) is 3.25. The highest BCUT2D eigenvalue weighted by Crippen LogP contribution is 2.33. The number of rotatable bonds is 2. The van der Waals surface area contributed by atoms with Gasteiger partial charge >= 0.3 is 18.4 Å². The van der Waals surface area contributed by atoms with Crippen LogP contribution >= 0.6 is 0 Å². The van der Waals surface area contributed by atoms with E-state index in [1.807, 2.05) is 0 Å². The first kappa shape index (κ1) is 18.6. The first-order valence-electron chi connectivity index (χ1n) is 6.90. The van der Waals surface area contributed by atoms with Crippen LogP contribution in [0.4, 0.5) is 42.5 Å². The largest absolute Gasteiger partial charge is 0.416 e. The van der Waals surface area contributed by atoms with E-state index in [-0.39, 0.29) is 16.9 Å². The summed E-state index contributed by atoms with van der Waals surface area (Å²) < 4.78 is 76.3. The maximum Gasteiger partial charge on any atom is 0.416 e. The molecule has 0 aliphatic heterocycles. The summed E-state index contributed by atoms with van der Waals surface area (Å²) in [7, 11) is 0. The number of urea groups is 1. The van der Waals surface area contributed by atoms with Crippen LogP contribution in [0.5, 0.6) is 0 Å². The van der Waals surface area contributed by atoms with Crippen LogP contribution in [0.25, 0.3) is 0 Å². The highest BCUT2D eigenvalue weighted by molar-refractivity contribution is 5.99. The van der Waals surface area contributed by atoms with Gasteiger partial charge in [-0.25, -0.2) is 4.79 Å². The molecule has 2 rings (SSSR count). The predicted molar refractivity (Wildman–Crippen MR) is 80.3 cm³/mol. The maximum absolute atomic E-state index is 12.8. The smallest absolute Gasteiger partial charge is 0.308 e. The summed E-state index contributed by atoms with van der Waals surface area (Å²) in [4.78, 5) is 11.8. The van der Waals surface area contributed by atoms with E-state index in [1.54, 1.807) is 0 Å². The molecule has 0 atom stereocenters. The van der Waals surface area contributed by atoms with Crippen molar-refractivity contribution in [2.45, 2.75) is 19.3 Å². The van der Waals surface area contributed by atoms with E-state index < -0.39 is 29.5 Å². The van der Waals surface area contributed by atoms with Crippen LogP contribution in [0.3, 0.4) is 0 Å². The monoisotopic (exact) mass is 362 g/mol. The number of amides is 2. The fraction of sp³-hybridized carbons (Fsp3) is 0.188. The SMILES string of the molecule is Cc1ccc(NC(=O)Nc2cccc(C(F)(F)F)c2)cc1C(F)(F)F. The first-order chi connectivity index (χ1) is 11.5. The summed E-state index contributed by atoms with van der Waals surface area (Å²) >= 11 is 0. The van der Waals surface area contributed by atoms with Crippen molar-refractivity contribution in [2.75, 3.05) is 10.6 Å². The Morgan fingerprint density at radius 2 is 1.44 bits per heavy atom. The molecule has 0 aliphatic carbocycles. The van der Waals surface area contributed by atoms with Crippen LogP contribution in [0.15, 0.2) is 42.5 Å². The number of carbonyl (C=O) groups excluding carboxylic acids is 1. The lowest BCUT2D eigenvalue weighted by atomic mass is 10.1. The van der Waals surface area contributed by atoms with Gasteiger partial charge in [0, 0.05) is 11.4 Å². The average Bonchev–Trinajstić information content (AvgIpc) is 2.47. The molecule has 0 unspecified atom stereocenters. The van der Waals surface area contributed by atoms with Gasteiger partial charge in [-0.15, -0.1) is 0 Å². The van der Waals surface area contributed by atoms with Gasteiger partial charge in [-0.2, -0.15) is 26.3 Å². The number of hydrogen-bond acceptors (Lipinski definition) is 1. The van der Waals surface area contributed by atoms with Crippen molar-refractivity contribution in [3.8, 4) is 0 Å². The van der Waals surface area contributed by atoms with Crippen LogP contribution in [0.1, 0.15) is 16.7 Å². The van der Waals surface area contributed by atoms with E-state index >= 15 is 0 Å². The molecular formula is C16H12F6N2O. The molecule has 0 bridgehead atoms. The molecule has 0 fully saturated rings. The summed E-state index contributed by atoms with van der Waals surface area (Å²) in [6.07, 6.45) is -9.16. The number of anilines is 2. The fourth-order valence-corrected chi connectivity index (χ4v) is 2.07. The van der Waals surface area contributed by atoms with Crippen molar-refractivity contribution in [2.24, 2.45) is 0 Å². The van der Waals surface area contributed by atoms with Crippen LogP contribution in [0, 0.1) is 6.92 Å². The normalized spacial score (nSPS) is 12.0. The zero-order chi connectivity index (χ0) is 18.8. The predicted octanol–water partition coefficient (Wildman–Crippen LogP) is 5.68. The Morgan fingerprint density at radius 1 is 0.840 bits per heavy atom. The summed E-state index contributed by atoms with van der Waals surface area (Å²) in [5.41, 5.74) is -2.17. The van der Waals surface area contributed by atoms with E-state index in [2.05, 4.69) is 10.6 Å². The van der Waals surface area contributed by atoms with Gasteiger partial charge < -0.3 is 10.6 Å². The third-order valence-corrected chi connectivity index (χ3v) is 3.25. The van der Waals surface area contributed by atoms with Crippen LogP contribution < -0.4 is 10.6 Å². The van der Waals surface area contributed by atoms with Crippen molar-refractivity contribution >= 4 is 17.4 Å². The lowest BCUT2D eigenvalue weighted by Gasteiger charge is -2.14. The van der Waals surface area contributed by atoms with E-state index in [0.29, 0.717) is 0 Å². The molecule has 2 aromatic carbocycles. The van der Waals surface area contributed by atoms with Gasteiger partial charge in [0.05, 0.1) is 11.1 Å². The lowest BCUT2D eigenvalue weighted by Crippen LogP contribution is -2.20. The Bertz CT molecular complexity index is 783. The minimum atomic E-state index is -4.58. The van der Waals surface area contributed by atoms with Crippen molar-refractivity contribution < 1.29 is 31.1 Å². The van der Waals surface area contributed by atoms with E-state index in [1.165, 1.54) is 25.1 Å². The molecule has 9 heteroatoms. The van der Waals surface area contributed by atoms with E-state index in [9.17, 15) is 31.1 Å².